The molecule has 0 aliphatic heterocycles. The fourth-order valence-electron chi connectivity index (χ4n) is 2.60. The van der Waals surface area contributed by atoms with Crippen molar-refractivity contribution in [2.24, 2.45) is 0 Å². The monoisotopic (exact) mass is 388 g/mol. The van der Waals surface area contributed by atoms with Gasteiger partial charge < -0.3 is 10.1 Å². The quantitative estimate of drug-likeness (QED) is 0.260. The number of hydrogen-bond donors (Lipinski definition) is 3. The third kappa shape index (κ3) is 5.39. The molecule has 0 saturated carbocycles. The maximum Gasteiger partial charge on any atom is 0.276 e. The Kier molecular flexibility index (Phi) is 6.90. The zero-order valence-corrected chi connectivity index (χ0v) is 15.8. The van der Waals surface area contributed by atoms with Gasteiger partial charge in [0, 0.05) is 42.7 Å². The summed E-state index contributed by atoms with van der Waals surface area (Å²) >= 11 is 0. The second kappa shape index (κ2) is 9.99. The summed E-state index contributed by atoms with van der Waals surface area (Å²) in [6, 6.07) is 12.9. The lowest BCUT2D eigenvalue weighted by molar-refractivity contribution is 0.0707. The molecule has 0 fully saturated rings. The van der Waals surface area contributed by atoms with E-state index in [1.54, 1.807) is 37.2 Å². The molecule has 0 spiro atoms. The standard InChI is InChI=1S/C22H20N4O3/c1-29-12-11-24-21-15-25-20(13-19(21)22(27)26-28)18-8-6-16(7-9-18)4-5-17-3-2-10-23-14-17/h2-3,6-10,13-15,24,28H,11-12H2,1H3,(H,26,27). The number of aromatic nitrogens is 2. The minimum atomic E-state index is -0.618. The van der Waals surface area contributed by atoms with Crippen molar-refractivity contribution in [3.05, 3.63) is 77.7 Å². The molecule has 0 atom stereocenters. The summed E-state index contributed by atoms with van der Waals surface area (Å²) in [4.78, 5) is 20.5. The molecular weight excluding hydrogens is 368 g/mol. The van der Waals surface area contributed by atoms with Gasteiger partial charge in [-0.1, -0.05) is 24.0 Å². The smallest absolute Gasteiger partial charge is 0.276 e. The van der Waals surface area contributed by atoms with E-state index in [1.807, 2.05) is 36.4 Å². The predicted molar refractivity (Wildman–Crippen MR) is 110 cm³/mol. The third-order valence-corrected chi connectivity index (χ3v) is 4.07. The molecule has 1 aromatic carbocycles. The number of methoxy groups -OCH3 is 1. The molecule has 3 N–H and O–H groups in total. The first-order valence-corrected chi connectivity index (χ1v) is 8.91. The molecule has 29 heavy (non-hydrogen) atoms. The van der Waals surface area contributed by atoms with Gasteiger partial charge in [0.1, 0.15) is 0 Å². The van der Waals surface area contributed by atoms with Crippen LogP contribution in [0.5, 0.6) is 0 Å². The summed E-state index contributed by atoms with van der Waals surface area (Å²) in [5.74, 6) is 5.53. The molecule has 0 bridgehead atoms. The number of nitrogens with one attached hydrogen (secondary N) is 2. The van der Waals surface area contributed by atoms with Crippen LogP contribution < -0.4 is 10.8 Å². The molecule has 0 unspecified atom stereocenters. The maximum atomic E-state index is 12.0. The van der Waals surface area contributed by atoms with Crippen molar-refractivity contribution in [3.63, 3.8) is 0 Å². The molecule has 1 amide bonds. The van der Waals surface area contributed by atoms with Gasteiger partial charge in [-0.05, 0) is 30.3 Å². The highest BCUT2D eigenvalue weighted by molar-refractivity contribution is 5.99. The van der Waals surface area contributed by atoms with Crippen LogP contribution in [0.3, 0.4) is 0 Å². The molecule has 7 nitrogen and oxygen atoms in total. The van der Waals surface area contributed by atoms with E-state index in [0.717, 1.165) is 16.7 Å². The van der Waals surface area contributed by atoms with Gasteiger partial charge in [-0.25, -0.2) is 5.48 Å². The lowest BCUT2D eigenvalue weighted by Gasteiger charge is -2.12. The van der Waals surface area contributed by atoms with Crippen molar-refractivity contribution in [3.8, 4) is 23.1 Å². The molecule has 0 aliphatic carbocycles. The van der Waals surface area contributed by atoms with Crippen molar-refractivity contribution in [1.82, 2.24) is 15.4 Å². The average Bonchev–Trinajstić information content (AvgIpc) is 2.78. The first-order valence-electron chi connectivity index (χ1n) is 8.91. The second-order valence-corrected chi connectivity index (χ2v) is 6.04. The van der Waals surface area contributed by atoms with Crippen molar-refractivity contribution in [2.75, 3.05) is 25.6 Å². The zero-order chi connectivity index (χ0) is 20.5. The molecule has 146 valence electrons. The molecule has 7 heteroatoms. The molecule has 2 heterocycles. The maximum absolute atomic E-state index is 12.0. The van der Waals surface area contributed by atoms with E-state index in [-0.39, 0.29) is 5.56 Å². The van der Waals surface area contributed by atoms with Crippen molar-refractivity contribution in [2.45, 2.75) is 0 Å². The number of carbonyl (C=O) groups is 1. The summed E-state index contributed by atoms with van der Waals surface area (Å²) in [6.07, 6.45) is 4.98. The highest BCUT2D eigenvalue weighted by Crippen LogP contribution is 2.23. The van der Waals surface area contributed by atoms with Gasteiger partial charge in [0.25, 0.3) is 5.91 Å². The highest BCUT2D eigenvalue weighted by atomic mass is 16.5. The number of ether oxygens (including phenoxy) is 1. The first kappa shape index (κ1) is 20.0. The van der Waals surface area contributed by atoms with E-state index < -0.39 is 5.91 Å². The van der Waals surface area contributed by atoms with Crippen LogP contribution >= 0.6 is 0 Å². The van der Waals surface area contributed by atoms with Gasteiger partial charge in [-0.15, -0.1) is 0 Å². The van der Waals surface area contributed by atoms with E-state index in [4.69, 9.17) is 9.94 Å². The van der Waals surface area contributed by atoms with Crippen LogP contribution in [-0.2, 0) is 4.74 Å². The van der Waals surface area contributed by atoms with Crippen LogP contribution in [-0.4, -0.2) is 41.3 Å². The van der Waals surface area contributed by atoms with Gasteiger partial charge in [0.05, 0.1) is 29.7 Å². The number of carbonyl (C=O) groups excluding carboxylic acids is 1. The first-order chi connectivity index (χ1) is 14.2. The van der Waals surface area contributed by atoms with Gasteiger partial charge >= 0.3 is 0 Å². The molecule has 0 radical (unpaired) electrons. The number of rotatable bonds is 6. The summed E-state index contributed by atoms with van der Waals surface area (Å²) in [5, 5.41) is 12.1. The Labute approximate surface area is 168 Å². The molecular formula is C22H20N4O3. The lowest BCUT2D eigenvalue weighted by atomic mass is 10.1. The van der Waals surface area contributed by atoms with Crippen molar-refractivity contribution in [1.29, 1.82) is 0 Å². The fraction of sp³-hybridized carbons (Fsp3) is 0.136. The van der Waals surface area contributed by atoms with E-state index in [9.17, 15) is 4.79 Å². The van der Waals surface area contributed by atoms with Crippen LogP contribution in [0, 0.1) is 11.8 Å². The zero-order valence-electron chi connectivity index (χ0n) is 15.8. The average molecular weight is 388 g/mol. The number of benzene rings is 1. The number of hydrogen-bond acceptors (Lipinski definition) is 6. The number of pyridine rings is 2. The van der Waals surface area contributed by atoms with Gasteiger partial charge in [0.2, 0.25) is 0 Å². The number of anilines is 1. The van der Waals surface area contributed by atoms with E-state index >= 15 is 0 Å². The van der Waals surface area contributed by atoms with Crippen LogP contribution in [0.25, 0.3) is 11.3 Å². The fourth-order valence-corrected chi connectivity index (χ4v) is 2.60. The van der Waals surface area contributed by atoms with Gasteiger partial charge in [0.15, 0.2) is 0 Å². The Hall–Kier alpha value is -3.73. The molecule has 3 rings (SSSR count). The minimum absolute atomic E-state index is 0.286. The third-order valence-electron chi connectivity index (χ3n) is 4.07. The summed E-state index contributed by atoms with van der Waals surface area (Å²) in [7, 11) is 1.59. The van der Waals surface area contributed by atoms with Gasteiger partial charge in [-0.2, -0.15) is 0 Å². The highest BCUT2D eigenvalue weighted by Gasteiger charge is 2.13. The van der Waals surface area contributed by atoms with Crippen LogP contribution in [0.2, 0.25) is 0 Å². The summed E-state index contributed by atoms with van der Waals surface area (Å²) < 4.78 is 5.00. The Bertz CT molecular complexity index is 1030. The topological polar surface area (TPSA) is 96.4 Å². The Morgan fingerprint density at radius 3 is 2.62 bits per heavy atom. The van der Waals surface area contributed by atoms with E-state index in [0.29, 0.717) is 24.5 Å². The SMILES string of the molecule is COCCNc1cnc(-c2ccc(C#Cc3cccnc3)cc2)cc1C(=O)NO. The normalized spacial score (nSPS) is 10.0. The van der Waals surface area contributed by atoms with E-state index in [2.05, 4.69) is 27.1 Å². The number of hydroxylamine groups is 1. The molecule has 0 aliphatic rings. The van der Waals surface area contributed by atoms with Crippen LogP contribution in [0.15, 0.2) is 61.1 Å². The molecule has 0 saturated heterocycles. The lowest BCUT2D eigenvalue weighted by Crippen LogP contribution is -2.21. The Morgan fingerprint density at radius 1 is 1.14 bits per heavy atom. The number of nitrogens with zero attached hydrogens (tertiary/aromatic N) is 2. The molecule has 2 aromatic heterocycles. The van der Waals surface area contributed by atoms with Crippen molar-refractivity contribution >= 4 is 11.6 Å². The Morgan fingerprint density at radius 2 is 1.93 bits per heavy atom. The summed E-state index contributed by atoms with van der Waals surface area (Å²) in [6.45, 7) is 0.983. The van der Waals surface area contributed by atoms with Crippen molar-refractivity contribution < 1.29 is 14.7 Å². The van der Waals surface area contributed by atoms with E-state index in [1.165, 1.54) is 0 Å². The minimum Gasteiger partial charge on any atom is -0.383 e. The number of amides is 1. The van der Waals surface area contributed by atoms with Gasteiger partial charge in [-0.3, -0.25) is 20.0 Å². The second-order valence-electron chi connectivity index (χ2n) is 6.04. The Balaban J connectivity index is 1.82. The summed E-state index contributed by atoms with van der Waals surface area (Å²) in [5.41, 5.74) is 5.59. The van der Waals surface area contributed by atoms with Crippen LogP contribution in [0.1, 0.15) is 21.5 Å². The largest absolute Gasteiger partial charge is 0.383 e. The molecule has 3 aromatic rings. The van der Waals surface area contributed by atoms with Crippen LogP contribution in [0.4, 0.5) is 5.69 Å². The predicted octanol–water partition coefficient (Wildman–Crippen LogP) is 2.72.